The van der Waals surface area contributed by atoms with Crippen LogP contribution in [0.4, 0.5) is 4.79 Å². The molecule has 1 rings (SSSR count). The molecule has 0 aliphatic rings. The van der Waals surface area contributed by atoms with Crippen molar-refractivity contribution in [2.45, 2.75) is 26.9 Å². The molecule has 1 aromatic rings. The first kappa shape index (κ1) is 17.4. The zero-order chi connectivity index (χ0) is 16.5. The van der Waals surface area contributed by atoms with Gasteiger partial charge in [-0.3, -0.25) is 10.1 Å². The molecule has 0 fully saturated rings. The van der Waals surface area contributed by atoms with E-state index in [0.717, 1.165) is 0 Å². The Kier molecular flexibility index (Phi) is 6.81. The van der Waals surface area contributed by atoms with Gasteiger partial charge in [-0.1, -0.05) is 0 Å². The van der Waals surface area contributed by atoms with Gasteiger partial charge in [0.15, 0.2) is 6.10 Å². The number of esters is 1. The van der Waals surface area contributed by atoms with Crippen LogP contribution in [0.25, 0.3) is 0 Å². The summed E-state index contributed by atoms with van der Waals surface area (Å²) in [6.07, 6.45) is 0.345. The lowest BCUT2D eigenvalue weighted by Gasteiger charge is -2.14. The third-order valence-corrected chi connectivity index (χ3v) is 2.50. The van der Waals surface area contributed by atoms with Gasteiger partial charge in [-0.05, 0) is 32.9 Å². The second-order valence-corrected chi connectivity index (χ2v) is 4.19. The zero-order valence-electron chi connectivity index (χ0n) is 12.7. The molecule has 1 heterocycles. The number of hydrogen-bond donors (Lipinski definition) is 2. The molecule has 0 aliphatic carbocycles. The molecule has 22 heavy (non-hydrogen) atoms. The van der Waals surface area contributed by atoms with Crippen LogP contribution in [-0.2, 0) is 9.53 Å². The van der Waals surface area contributed by atoms with Crippen molar-refractivity contribution in [2.75, 3.05) is 13.2 Å². The highest BCUT2D eigenvalue weighted by Gasteiger charge is 2.23. The van der Waals surface area contributed by atoms with Crippen LogP contribution in [0.15, 0.2) is 18.3 Å². The first-order valence-corrected chi connectivity index (χ1v) is 6.87. The van der Waals surface area contributed by atoms with Crippen LogP contribution < -0.4 is 15.4 Å². The molecule has 3 amide bonds. The Morgan fingerprint density at radius 1 is 1.32 bits per heavy atom. The minimum atomic E-state index is -1.13. The molecule has 2 N–H and O–H groups in total. The van der Waals surface area contributed by atoms with Crippen molar-refractivity contribution in [3.63, 3.8) is 0 Å². The monoisotopic (exact) mass is 309 g/mol. The molecule has 0 aromatic carbocycles. The molecular weight excluding hydrogens is 290 g/mol. The van der Waals surface area contributed by atoms with Gasteiger partial charge < -0.3 is 14.8 Å². The Morgan fingerprint density at radius 3 is 2.68 bits per heavy atom. The summed E-state index contributed by atoms with van der Waals surface area (Å²) < 4.78 is 10.2. The van der Waals surface area contributed by atoms with Gasteiger partial charge in [0.1, 0.15) is 5.56 Å². The number of carbonyl (C=O) groups excluding carboxylic acids is 3. The summed E-state index contributed by atoms with van der Waals surface area (Å²) in [5, 5.41) is 4.46. The Bertz CT molecular complexity index is 547. The molecule has 0 saturated heterocycles. The van der Waals surface area contributed by atoms with E-state index in [9.17, 15) is 14.4 Å². The van der Waals surface area contributed by atoms with Gasteiger partial charge in [-0.25, -0.2) is 14.6 Å². The minimum Gasteiger partial charge on any atom is -0.477 e. The number of carbonyl (C=O) groups is 3. The second kappa shape index (κ2) is 8.60. The van der Waals surface area contributed by atoms with Crippen LogP contribution in [0.3, 0.4) is 0 Å². The van der Waals surface area contributed by atoms with E-state index in [1.165, 1.54) is 19.2 Å². The maximum Gasteiger partial charge on any atom is 0.344 e. The first-order valence-electron chi connectivity index (χ1n) is 6.87. The number of hydrogen-bond acceptors (Lipinski definition) is 6. The quantitative estimate of drug-likeness (QED) is 0.755. The number of aromatic nitrogens is 1. The van der Waals surface area contributed by atoms with Crippen molar-refractivity contribution in [3.8, 4) is 5.88 Å². The van der Waals surface area contributed by atoms with Gasteiger partial charge in [0.2, 0.25) is 5.88 Å². The number of ether oxygens (including phenoxy) is 2. The summed E-state index contributed by atoms with van der Waals surface area (Å²) in [7, 11) is 0. The summed E-state index contributed by atoms with van der Waals surface area (Å²) in [5.74, 6) is -1.34. The Morgan fingerprint density at radius 2 is 2.05 bits per heavy atom. The van der Waals surface area contributed by atoms with E-state index in [-0.39, 0.29) is 11.4 Å². The van der Waals surface area contributed by atoms with Crippen LogP contribution >= 0.6 is 0 Å². The van der Waals surface area contributed by atoms with E-state index in [4.69, 9.17) is 9.47 Å². The van der Waals surface area contributed by atoms with E-state index >= 15 is 0 Å². The van der Waals surface area contributed by atoms with Gasteiger partial charge in [0.25, 0.3) is 5.91 Å². The third kappa shape index (κ3) is 5.04. The zero-order valence-corrected chi connectivity index (χ0v) is 12.7. The highest BCUT2D eigenvalue weighted by Crippen LogP contribution is 2.16. The lowest BCUT2D eigenvalue weighted by molar-refractivity contribution is -0.127. The van der Waals surface area contributed by atoms with Crippen molar-refractivity contribution in [1.82, 2.24) is 15.6 Å². The smallest absolute Gasteiger partial charge is 0.344 e. The third-order valence-electron chi connectivity index (χ3n) is 2.50. The molecule has 0 aliphatic heterocycles. The molecule has 120 valence electrons. The average Bonchev–Trinajstić information content (AvgIpc) is 2.48. The molecule has 0 radical (unpaired) electrons. The lowest BCUT2D eigenvalue weighted by Crippen LogP contribution is -2.44. The van der Waals surface area contributed by atoms with Crippen molar-refractivity contribution in [1.29, 1.82) is 0 Å². The van der Waals surface area contributed by atoms with E-state index in [0.29, 0.717) is 13.2 Å². The highest BCUT2D eigenvalue weighted by atomic mass is 16.6. The fourth-order valence-corrected chi connectivity index (χ4v) is 1.49. The molecule has 1 aromatic heterocycles. The summed E-state index contributed by atoms with van der Waals surface area (Å²) in [6, 6.07) is 2.39. The summed E-state index contributed by atoms with van der Waals surface area (Å²) in [6.45, 7) is 5.55. The maximum absolute atomic E-state index is 12.0. The minimum absolute atomic E-state index is 0.113. The number of amides is 3. The van der Waals surface area contributed by atoms with Gasteiger partial charge in [-0.15, -0.1) is 0 Å². The molecule has 0 spiro atoms. The highest BCUT2D eigenvalue weighted by molar-refractivity contribution is 5.99. The number of nitrogens with zero attached hydrogens (tertiary/aromatic N) is 1. The van der Waals surface area contributed by atoms with Gasteiger partial charge in [0, 0.05) is 12.7 Å². The molecule has 0 bridgehead atoms. The maximum atomic E-state index is 12.0. The Hall–Kier alpha value is -2.64. The van der Waals surface area contributed by atoms with Crippen LogP contribution in [0.2, 0.25) is 0 Å². The van der Waals surface area contributed by atoms with Crippen molar-refractivity contribution >= 4 is 17.9 Å². The number of nitrogens with one attached hydrogen (secondary N) is 2. The van der Waals surface area contributed by atoms with Crippen LogP contribution in [0.1, 0.15) is 31.1 Å². The normalized spacial score (nSPS) is 11.2. The molecular formula is C14H19N3O5. The molecule has 1 atom stereocenters. The lowest BCUT2D eigenvalue weighted by atomic mass is 10.2. The van der Waals surface area contributed by atoms with E-state index in [1.807, 2.05) is 0 Å². The van der Waals surface area contributed by atoms with Crippen molar-refractivity contribution in [2.24, 2.45) is 0 Å². The molecule has 8 heteroatoms. The predicted octanol–water partition coefficient (Wildman–Crippen LogP) is 0.871. The molecule has 0 unspecified atom stereocenters. The number of rotatable bonds is 6. The fourth-order valence-electron chi connectivity index (χ4n) is 1.49. The summed E-state index contributed by atoms with van der Waals surface area (Å²) in [5.41, 5.74) is 0.113. The first-order chi connectivity index (χ1) is 10.5. The number of imide groups is 1. The summed E-state index contributed by atoms with van der Waals surface area (Å²) >= 11 is 0. The van der Waals surface area contributed by atoms with Gasteiger partial charge in [-0.2, -0.15) is 0 Å². The molecule has 0 saturated carbocycles. The number of pyridine rings is 1. The SMILES string of the molecule is CCNC(=O)NC(=O)[C@@H](C)OC(=O)c1cccnc1OCC. The van der Waals surface area contributed by atoms with Gasteiger partial charge >= 0.3 is 12.0 Å². The van der Waals surface area contributed by atoms with Crippen LogP contribution in [-0.4, -0.2) is 42.1 Å². The van der Waals surface area contributed by atoms with Crippen LogP contribution in [0, 0.1) is 0 Å². The summed E-state index contributed by atoms with van der Waals surface area (Å²) in [4.78, 5) is 38.9. The fraction of sp³-hybridized carbons (Fsp3) is 0.429. The van der Waals surface area contributed by atoms with Gasteiger partial charge in [0.05, 0.1) is 6.61 Å². The molecule has 8 nitrogen and oxygen atoms in total. The Balaban J connectivity index is 2.68. The largest absolute Gasteiger partial charge is 0.477 e. The van der Waals surface area contributed by atoms with E-state index < -0.39 is 24.0 Å². The Labute approximate surface area is 128 Å². The van der Waals surface area contributed by atoms with E-state index in [2.05, 4.69) is 15.6 Å². The topological polar surface area (TPSA) is 107 Å². The van der Waals surface area contributed by atoms with Crippen molar-refractivity contribution < 1.29 is 23.9 Å². The second-order valence-electron chi connectivity index (χ2n) is 4.19. The van der Waals surface area contributed by atoms with Crippen LogP contribution in [0.5, 0.6) is 5.88 Å². The van der Waals surface area contributed by atoms with E-state index in [1.54, 1.807) is 19.9 Å². The average molecular weight is 309 g/mol. The standard InChI is InChI=1S/C14H19N3O5/c1-4-15-14(20)17-11(18)9(3)22-13(19)10-7-6-8-16-12(10)21-5-2/h6-9H,4-5H2,1-3H3,(H2,15,17,18,20)/t9-/m1/s1. The number of urea groups is 1. The predicted molar refractivity (Wildman–Crippen MR) is 77.5 cm³/mol. The van der Waals surface area contributed by atoms with Crippen molar-refractivity contribution in [3.05, 3.63) is 23.9 Å².